The Kier molecular flexibility index (Phi) is 8.47. The van der Waals surface area contributed by atoms with Crippen molar-refractivity contribution in [3.8, 4) is 0 Å². The van der Waals surface area contributed by atoms with Crippen LogP contribution in [0.1, 0.15) is 30.1 Å². The second-order valence-electron chi connectivity index (χ2n) is 7.38. The van der Waals surface area contributed by atoms with Crippen LogP contribution < -0.4 is 16.0 Å². The van der Waals surface area contributed by atoms with Crippen LogP contribution in [-0.4, -0.2) is 55.5 Å². The zero-order chi connectivity index (χ0) is 22.9. The van der Waals surface area contributed by atoms with Crippen molar-refractivity contribution >= 4 is 46.4 Å². The molecule has 32 heavy (non-hydrogen) atoms. The maximum Gasteiger partial charge on any atom is 0.254 e. The fraction of sp³-hybridized carbons (Fsp3) is 0.348. The second kappa shape index (κ2) is 11.5. The Labute approximate surface area is 192 Å². The van der Waals surface area contributed by atoms with Crippen molar-refractivity contribution < 1.29 is 19.1 Å². The summed E-state index contributed by atoms with van der Waals surface area (Å²) in [5.41, 5.74) is 2.18. The summed E-state index contributed by atoms with van der Waals surface area (Å²) in [6, 6.07) is 11.9. The molecule has 0 saturated carbocycles. The minimum absolute atomic E-state index is 0.0340. The van der Waals surface area contributed by atoms with E-state index < -0.39 is 0 Å². The third kappa shape index (κ3) is 6.70. The molecule has 0 spiro atoms. The summed E-state index contributed by atoms with van der Waals surface area (Å²) in [4.78, 5) is 38.6. The van der Waals surface area contributed by atoms with E-state index in [9.17, 15) is 14.4 Å². The molecule has 2 aromatic rings. The van der Waals surface area contributed by atoms with Crippen LogP contribution in [0.5, 0.6) is 0 Å². The highest BCUT2D eigenvalue weighted by atomic mass is 35.5. The molecule has 0 bridgehead atoms. The van der Waals surface area contributed by atoms with Gasteiger partial charge in [0.25, 0.3) is 5.91 Å². The molecule has 1 heterocycles. The lowest BCUT2D eigenvalue weighted by molar-refractivity contribution is -0.116. The molecule has 0 radical (unpaired) electrons. The number of hydrogen-bond donors (Lipinski definition) is 3. The number of carbonyl (C=O) groups is 3. The fourth-order valence-corrected chi connectivity index (χ4v) is 3.43. The molecule has 0 atom stereocenters. The highest BCUT2D eigenvalue weighted by Crippen LogP contribution is 2.25. The Bertz CT molecular complexity index is 976. The maximum atomic E-state index is 12.6. The molecular weight excluding hydrogens is 432 g/mol. The summed E-state index contributed by atoms with van der Waals surface area (Å²) < 4.78 is 5.28. The molecule has 3 amide bonds. The van der Waals surface area contributed by atoms with E-state index in [0.717, 1.165) is 6.42 Å². The van der Waals surface area contributed by atoms with Gasteiger partial charge in [-0.05, 0) is 42.8 Å². The summed E-state index contributed by atoms with van der Waals surface area (Å²) in [6.45, 7) is 4.06. The summed E-state index contributed by atoms with van der Waals surface area (Å²) >= 11 is 6.21. The summed E-state index contributed by atoms with van der Waals surface area (Å²) in [5, 5.41) is 9.00. The van der Waals surface area contributed by atoms with Gasteiger partial charge in [-0.25, -0.2) is 0 Å². The van der Waals surface area contributed by atoms with Crippen molar-refractivity contribution in [2.75, 3.05) is 48.8 Å². The van der Waals surface area contributed by atoms with Gasteiger partial charge in [-0.2, -0.15) is 0 Å². The fourth-order valence-electron chi connectivity index (χ4n) is 3.25. The van der Waals surface area contributed by atoms with Gasteiger partial charge in [0, 0.05) is 36.4 Å². The monoisotopic (exact) mass is 458 g/mol. The lowest BCUT2D eigenvalue weighted by Crippen LogP contribution is -2.40. The van der Waals surface area contributed by atoms with Gasteiger partial charge >= 0.3 is 0 Å². The Morgan fingerprint density at radius 2 is 1.72 bits per heavy atom. The topological polar surface area (TPSA) is 99.8 Å². The Balaban J connectivity index is 1.57. The number of halogens is 1. The molecule has 3 N–H and O–H groups in total. The van der Waals surface area contributed by atoms with E-state index in [-0.39, 0.29) is 24.3 Å². The first-order valence-corrected chi connectivity index (χ1v) is 10.9. The predicted octanol–water partition coefficient (Wildman–Crippen LogP) is 3.60. The number of ether oxygens (including phenoxy) is 1. The molecular formula is C23H27ClN4O4. The average molecular weight is 459 g/mol. The van der Waals surface area contributed by atoms with E-state index in [1.807, 2.05) is 6.92 Å². The number of hydrogen-bond acceptors (Lipinski definition) is 5. The Hall–Kier alpha value is -3.10. The van der Waals surface area contributed by atoms with E-state index in [1.165, 1.54) is 0 Å². The van der Waals surface area contributed by atoms with E-state index in [1.54, 1.807) is 47.4 Å². The number of morpholine rings is 1. The largest absolute Gasteiger partial charge is 0.378 e. The van der Waals surface area contributed by atoms with Crippen molar-refractivity contribution in [1.29, 1.82) is 0 Å². The minimum Gasteiger partial charge on any atom is -0.378 e. The Morgan fingerprint density at radius 3 is 2.47 bits per heavy atom. The van der Waals surface area contributed by atoms with Crippen LogP contribution in [0.3, 0.4) is 0 Å². The van der Waals surface area contributed by atoms with Crippen molar-refractivity contribution in [3.63, 3.8) is 0 Å². The molecule has 0 aromatic heterocycles. The molecule has 9 heteroatoms. The predicted molar refractivity (Wildman–Crippen MR) is 125 cm³/mol. The molecule has 2 aromatic carbocycles. The number of nitrogens with one attached hydrogen (secondary N) is 3. The summed E-state index contributed by atoms with van der Waals surface area (Å²) in [6.07, 6.45) is 1.19. The van der Waals surface area contributed by atoms with Crippen LogP contribution in [0.25, 0.3) is 0 Å². The molecule has 1 aliphatic rings. The van der Waals surface area contributed by atoms with Gasteiger partial charge in [0.1, 0.15) is 0 Å². The van der Waals surface area contributed by atoms with E-state index >= 15 is 0 Å². The standard InChI is InChI=1S/C23H27ClN4O4/c1-2-4-21(29)26-18-7-8-19(24)20(14-18)25-15-22(30)27-17-6-3-5-16(13-17)23(31)28-9-11-32-12-10-28/h3,5-8,13-14,25H,2,4,9-12,15H2,1H3,(H,26,29)(H,27,30). The zero-order valence-electron chi connectivity index (χ0n) is 17.9. The number of rotatable bonds is 8. The molecule has 8 nitrogen and oxygen atoms in total. The zero-order valence-corrected chi connectivity index (χ0v) is 18.7. The number of amides is 3. The number of benzene rings is 2. The molecule has 0 unspecified atom stereocenters. The van der Waals surface area contributed by atoms with Crippen molar-refractivity contribution in [1.82, 2.24) is 4.90 Å². The molecule has 1 fully saturated rings. The normalized spacial score (nSPS) is 13.4. The number of nitrogens with zero attached hydrogens (tertiary/aromatic N) is 1. The van der Waals surface area contributed by atoms with Crippen LogP contribution >= 0.6 is 11.6 Å². The Morgan fingerprint density at radius 1 is 1.00 bits per heavy atom. The highest BCUT2D eigenvalue weighted by Gasteiger charge is 2.18. The lowest BCUT2D eigenvalue weighted by atomic mass is 10.1. The molecule has 1 aliphatic heterocycles. The van der Waals surface area contributed by atoms with Gasteiger partial charge in [-0.1, -0.05) is 24.6 Å². The van der Waals surface area contributed by atoms with Crippen LogP contribution in [0.15, 0.2) is 42.5 Å². The molecule has 1 saturated heterocycles. The van der Waals surface area contributed by atoms with Crippen molar-refractivity contribution in [2.24, 2.45) is 0 Å². The molecule has 3 rings (SSSR count). The van der Waals surface area contributed by atoms with Gasteiger partial charge in [0.2, 0.25) is 11.8 Å². The SMILES string of the molecule is CCCC(=O)Nc1ccc(Cl)c(NCC(=O)Nc2cccc(C(=O)N3CCOCC3)c2)c1. The van der Waals surface area contributed by atoms with Crippen LogP contribution in [-0.2, 0) is 14.3 Å². The highest BCUT2D eigenvalue weighted by molar-refractivity contribution is 6.33. The van der Waals surface area contributed by atoms with E-state index in [0.29, 0.717) is 60.4 Å². The van der Waals surface area contributed by atoms with E-state index in [2.05, 4.69) is 16.0 Å². The third-order valence-corrected chi connectivity index (χ3v) is 5.19. The van der Waals surface area contributed by atoms with Crippen molar-refractivity contribution in [2.45, 2.75) is 19.8 Å². The van der Waals surface area contributed by atoms with Gasteiger partial charge in [-0.15, -0.1) is 0 Å². The summed E-state index contributed by atoms with van der Waals surface area (Å²) in [7, 11) is 0. The van der Waals surface area contributed by atoms with Crippen LogP contribution in [0.4, 0.5) is 17.1 Å². The van der Waals surface area contributed by atoms with Crippen LogP contribution in [0, 0.1) is 0 Å². The number of anilines is 3. The van der Waals surface area contributed by atoms with Gasteiger partial charge in [0.15, 0.2) is 0 Å². The lowest BCUT2D eigenvalue weighted by Gasteiger charge is -2.27. The molecule has 170 valence electrons. The van der Waals surface area contributed by atoms with Gasteiger partial charge < -0.3 is 25.6 Å². The van der Waals surface area contributed by atoms with Crippen molar-refractivity contribution in [3.05, 3.63) is 53.1 Å². The maximum absolute atomic E-state index is 12.6. The molecule has 0 aliphatic carbocycles. The minimum atomic E-state index is -0.294. The number of carbonyl (C=O) groups excluding carboxylic acids is 3. The van der Waals surface area contributed by atoms with E-state index in [4.69, 9.17) is 16.3 Å². The third-order valence-electron chi connectivity index (χ3n) is 4.86. The average Bonchev–Trinajstić information content (AvgIpc) is 2.80. The first kappa shape index (κ1) is 23.6. The van der Waals surface area contributed by atoms with Crippen LogP contribution in [0.2, 0.25) is 5.02 Å². The second-order valence-corrected chi connectivity index (χ2v) is 7.79. The van der Waals surface area contributed by atoms with Gasteiger partial charge in [-0.3, -0.25) is 14.4 Å². The first-order chi connectivity index (χ1) is 15.5. The summed E-state index contributed by atoms with van der Waals surface area (Å²) in [5.74, 6) is -0.460. The first-order valence-electron chi connectivity index (χ1n) is 10.6. The quantitative estimate of drug-likeness (QED) is 0.561. The smallest absolute Gasteiger partial charge is 0.254 e. The van der Waals surface area contributed by atoms with Gasteiger partial charge in [0.05, 0.1) is 30.5 Å².